The van der Waals surface area contributed by atoms with Gasteiger partial charge < -0.3 is 30.2 Å². The molecule has 14 heteroatoms. The average Bonchev–Trinajstić information content (AvgIpc) is 2.69. The number of carbonyl (C=O) groups excluding carboxylic acids is 5. The fourth-order valence-corrected chi connectivity index (χ4v) is 4.99. The number of hydrogen-bond acceptors (Lipinski definition) is 10. The van der Waals surface area contributed by atoms with Gasteiger partial charge in [0.25, 0.3) is 0 Å². The van der Waals surface area contributed by atoms with Crippen LogP contribution in [0.2, 0.25) is 0 Å². The molecule has 0 radical (unpaired) electrons. The standard InChI is InChI=1S/C19H34N3O8PS2/c1-19(2,3)30-18(27)22-12(17(26)29-5)8-9-14(23)21-13(11-33-31(6,7)32)16(25)20-10-15(24)28-4/h12-13H,8-11H2,1-7H3,(H,20,25)(H,21,23)(H,22,27)/t12-,13+/m1/s1. The van der Waals surface area contributed by atoms with Crippen LogP contribution in [0.3, 0.4) is 0 Å². The van der Waals surface area contributed by atoms with E-state index in [-0.39, 0.29) is 25.1 Å². The average molecular weight is 528 g/mol. The summed E-state index contributed by atoms with van der Waals surface area (Å²) in [5, 5.41) is 5.65. The molecular weight excluding hydrogens is 493 g/mol. The second kappa shape index (κ2) is 14.4. The summed E-state index contributed by atoms with van der Waals surface area (Å²) in [6, 6.07) is -2.07. The molecule has 0 rings (SSSR count). The number of methoxy groups -OCH3 is 2. The maximum atomic E-state index is 12.5. The van der Waals surface area contributed by atoms with Crippen LogP contribution in [0.25, 0.3) is 0 Å². The summed E-state index contributed by atoms with van der Waals surface area (Å²) in [6.07, 6.45) is -1.10. The molecule has 0 saturated heterocycles. The predicted octanol–water partition coefficient (Wildman–Crippen LogP) is 0.994. The number of alkyl carbamates (subject to hydrolysis) is 1. The number of rotatable bonds is 12. The Labute approximate surface area is 203 Å². The smallest absolute Gasteiger partial charge is 0.408 e. The van der Waals surface area contributed by atoms with Gasteiger partial charge in [0.2, 0.25) is 11.8 Å². The molecule has 0 bridgehead atoms. The van der Waals surface area contributed by atoms with Crippen molar-refractivity contribution in [3.63, 3.8) is 0 Å². The van der Waals surface area contributed by atoms with Crippen molar-refractivity contribution in [1.82, 2.24) is 16.0 Å². The van der Waals surface area contributed by atoms with Crippen molar-refractivity contribution in [2.75, 3.05) is 39.8 Å². The molecule has 0 saturated carbocycles. The molecule has 0 aliphatic heterocycles. The van der Waals surface area contributed by atoms with Crippen LogP contribution in [0.15, 0.2) is 0 Å². The molecule has 3 amide bonds. The van der Waals surface area contributed by atoms with Gasteiger partial charge in [-0.15, -0.1) is 11.4 Å². The third-order valence-electron chi connectivity index (χ3n) is 3.68. The van der Waals surface area contributed by atoms with Gasteiger partial charge in [-0.25, -0.2) is 9.59 Å². The number of amides is 3. The van der Waals surface area contributed by atoms with Crippen molar-refractivity contribution >= 4 is 58.3 Å². The number of hydrogen-bond donors (Lipinski definition) is 3. The monoisotopic (exact) mass is 527 g/mol. The highest BCUT2D eigenvalue weighted by Crippen LogP contribution is 2.51. The number of ether oxygens (including phenoxy) is 3. The molecule has 3 N–H and O–H groups in total. The van der Waals surface area contributed by atoms with Crippen LogP contribution in [0.1, 0.15) is 33.6 Å². The molecule has 33 heavy (non-hydrogen) atoms. The lowest BCUT2D eigenvalue weighted by molar-refractivity contribution is -0.143. The van der Waals surface area contributed by atoms with E-state index in [0.29, 0.717) is 0 Å². The summed E-state index contributed by atoms with van der Waals surface area (Å²) in [7, 11) is 2.35. The van der Waals surface area contributed by atoms with Gasteiger partial charge in [-0.2, -0.15) is 0 Å². The Morgan fingerprint density at radius 1 is 1.00 bits per heavy atom. The lowest BCUT2D eigenvalue weighted by Gasteiger charge is -2.23. The summed E-state index contributed by atoms with van der Waals surface area (Å²) in [5.74, 6) is -2.27. The highest BCUT2D eigenvalue weighted by Gasteiger charge is 2.27. The summed E-state index contributed by atoms with van der Waals surface area (Å²) < 4.78 is 14.3. The van der Waals surface area contributed by atoms with E-state index in [0.717, 1.165) is 7.11 Å². The van der Waals surface area contributed by atoms with Crippen molar-refractivity contribution in [1.29, 1.82) is 0 Å². The van der Waals surface area contributed by atoms with Crippen molar-refractivity contribution in [3.05, 3.63) is 0 Å². The summed E-state index contributed by atoms with van der Waals surface area (Å²) in [4.78, 5) is 60.3. The van der Waals surface area contributed by atoms with Gasteiger partial charge in [-0.1, -0.05) is 11.8 Å². The van der Waals surface area contributed by atoms with Gasteiger partial charge in [-0.05, 0) is 40.5 Å². The predicted molar refractivity (Wildman–Crippen MR) is 130 cm³/mol. The molecule has 2 atom stereocenters. The van der Waals surface area contributed by atoms with Gasteiger partial charge in [0.1, 0.15) is 24.2 Å². The van der Waals surface area contributed by atoms with E-state index in [2.05, 4.69) is 25.4 Å². The van der Waals surface area contributed by atoms with E-state index in [4.69, 9.17) is 16.5 Å². The van der Waals surface area contributed by atoms with Crippen molar-refractivity contribution in [3.8, 4) is 0 Å². The largest absolute Gasteiger partial charge is 0.468 e. The second-order valence-corrected chi connectivity index (χ2v) is 18.3. The van der Waals surface area contributed by atoms with E-state index in [1.54, 1.807) is 20.8 Å². The van der Waals surface area contributed by atoms with Crippen LogP contribution >= 0.6 is 16.6 Å². The molecule has 0 aliphatic rings. The molecule has 11 nitrogen and oxygen atoms in total. The normalized spacial score (nSPS) is 13.2. The summed E-state index contributed by atoms with van der Waals surface area (Å²) in [5.41, 5.74) is -0.772. The van der Waals surface area contributed by atoms with Crippen LogP contribution in [-0.2, 0) is 45.2 Å². The van der Waals surface area contributed by atoms with E-state index in [9.17, 15) is 24.0 Å². The zero-order valence-corrected chi connectivity index (χ0v) is 22.5. The Morgan fingerprint density at radius 2 is 1.61 bits per heavy atom. The van der Waals surface area contributed by atoms with Crippen LogP contribution in [0, 0.1) is 0 Å². The molecule has 0 aromatic heterocycles. The van der Waals surface area contributed by atoms with Gasteiger partial charge in [0, 0.05) is 17.4 Å². The van der Waals surface area contributed by atoms with Crippen molar-refractivity contribution < 1.29 is 38.2 Å². The molecule has 190 valence electrons. The number of esters is 2. The Kier molecular flexibility index (Phi) is 13.6. The highest BCUT2D eigenvalue weighted by atomic mass is 32.9. The molecule has 0 aromatic carbocycles. The quantitative estimate of drug-likeness (QED) is 0.191. The third-order valence-corrected chi connectivity index (χ3v) is 8.04. The minimum atomic E-state index is -1.72. The van der Waals surface area contributed by atoms with E-state index in [1.807, 2.05) is 13.3 Å². The molecule has 0 unspecified atom stereocenters. The maximum absolute atomic E-state index is 12.5. The van der Waals surface area contributed by atoms with Crippen LogP contribution in [0.5, 0.6) is 0 Å². The van der Waals surface area contributed by atoms with Gasteiger partial charge >= 0.3 is 18.0 Å². The first kappa shape index (κ1) is 31.1. The zero-order valence-electron chi connectivity index (χ0n) is 20.0. The molecule has 0 fully saturated rings. The fraction of sp³-hybridized carbons (Fsp3) is 0.737. The topological polar surface area (TPSA) is 149 Å². The van der Waals surface area contributed by atoms with Crippen molar-refractivity contribution in [2.24, 2.45) is 0 Å². The number of nitrogens with one attached hydrogen (secondary N) is 3. The van der Waals surface area contributed by atoms with Gasteiger partial charge in [0.15, 0.2) is 0 Å². The fourth-order valence-electron chi connectivity index (χ4n) is 2.17. The molecular formula is C19H34N3O8PS2. The SMILES string of the molecule is COC(=O)CNC(=O)[C@H](CSP(C)(C)=S)NC(=O)CC[C@@H](NC(=O)OC(C)(C)C)C(=O)OC. The Morgan fingerprint density at radius 3 is 2.09 bits per heavy atom. The highest BCUT2D eigenvalue weighted by molar-refractivity contribution is 8.70. The minimum absolute atomic E-state index is 0.0824. The van der Waals surface area contributed by atoms with E-state index >= 15 is 0 Å². The Balaban J connectivity index is 5.10. The lowest BCUT2D eigenvalue weighted by Crippen LogP contribution is -2.50. The molecule has 0 aliphatic carbocycles. The van der Waals surface area contributed by atoms with Crippen molar-refractivity contribution in [2.45, 2.75) is 51.3 Å². The molecule has 0 spiro atoms. The van der Waals surface area contributed by atoms with E-state index < -0.39 is 52.8 Å². The Bertz CT molecular complexity index is 767. The first-order chi connectivity index (χ1) is 15.1. The maximum Gasteiger partial charge on any atom is 0.408 e. The first-order valence-corrected chi connectivity index (χ1v) is 15.3. The summed E-state index contributed by atoms with van der Waals surface area (Å²) >= 11 is 6.77. The summed E-state index contributed by atoms with van der Waals surface area (Å²) in [6.45, 7) is 8.45. The van der Waals surface area contributed by atoms with E-state index in [1.165, 1.54) is 18.5 Å². The van der Waals surface area contributed by atoms with Crippen LogP contribution in [0.4, 0.5) is 4.79 Å². The van der Waals surface area contributed by atoms with Crippen LogP contribution in [-0.4, -0.2) is 87.4 Å². The third kappa shape index (κ3) is 15.6. The molecule has 0 heterocycles. The Hall–Kier alpha value is -1.85. The lowest BCUT2D eigenvalue weighted by atomic mass is 10.1. The van der Waals surface area contributed by atoms with Gasteiger partial charge in [0.05, 0.1) is 14.2 Å². The van der Waals surface area contributed by atoms with Crippen LogP contribution < -0.4 is 16.0 Å². The zero-order chi connectivity index (χ0) is 25.8. The second-order valence-electron chi connectivity index (χ2n) is 8.22. The first-order valence-electron chi connectivity index (χ1n) is 9.98. The number of carbonyl (C=O) groups is 5. The molecule has 0 aromatic rings. The minimum Gasteiger partial charge on any atom is -0.468 e. The van der Waals surface area contributed by atoms with Gasteiger partial charge in [-0.3, -0.25) is 14.4 Å².